The van der Waals surface area contributed by atoms with Crippen molar-refractivity contribution in [3.05, 3.63) is 0 Å². The van der Waals surface area contributed by atoms with Crippen molar-refractivity contribution in [2.24, 2.45) is 0 Å². The Bertz CT molecular complexity index is 252. The van der Waals surface area contributed by atoms with Crippen molar-refractivity contribution in [1.82, 2.24) is 4.23 Å². The summed E-state index contributed by atoms with van der Waals surface area (Å²) >= 11 is 0. The van der Waals surface area contributed by atoms with E-state index >= 15 is 0 Å². The summed E-state index contributed by atoms with van der Waals surface area (Å²) in [5.74, 6) is 0. The lowest BCUT2D eigenvalue weighted by Gasteiger charge is -2.43. The summed E-state index contributed by atoms with van der Waals surface area (Å²) in [7, 11) is -3.14. The van der Waals surface area contributed by atoms with Crippen LogP contribution in [0.1, 0.15) is 40.0 Å². The second kappa shape index (κ2) is 9.04. The molecule has 0 aliphatic heterocycles. The van der Waals surface area contributed by atoms with Gasteiger partial charge in [0.05, 0.1) is 8.07 Å². The van der Waals surface area contributed by atoms with E-state index in [9.17, 15) is 0 Å². The van der Waals surface area contributed by atoms with Crippen molar-refractivity contribution < 1.29 is 0 Å². The Morgan fingerprint density at radius 3 is 1.38 bits per heavy atom. The third kappa shape index (κ3) is 7.62. The van der Waals surface area contributed by atoms with E-state index in [0.717, 1.165) is 0 Å². The van der Waals surface area contributed by atoms with Crippen molar-refractivity contribution in [3.8, 4) is 0 Å². The summed E-state index contributed by atoms with van der Waals surface area (Å²) in [5, 5.41) is 0. The normalized spacial score (nSPS) is 14.0. The molecular formula is C17H43NSi3. The van der Waals surface area contributed by atoms with E-state index in [0.29, 0.717) is 0 Å². The van der Waals surface area contributed by atoms with Crippen LogP contribution in [0.4, 0.5) is 0 Å². The molecule has 0 heterocycles. The Kier molecular flexibility index (Phi) is 9.30. The number of nitrogens with zero attached hydrogens (tertiary/aromatic N) is 1. The van der Waals surface area contributed by atoms with E-state index in [1.807, 2.05) is 0 Å². The summed E-state index contributed by atoms with van der Waals surface area (Å²) in [6.45, 7) is 23.8. The zero-order valence-corrected chi connectivity index (χ0v) is 19.6. The molecule has 4 heteroatoms. The molecule has 0 rings (SSSR count). The Labute approximate surface area is 139 Å². The van der Waals surface area contributed by atoms with Crippen molar-refractivity contribution in [2.45, 2.75) is 103 Å². The molecule has 0 atom stereocenters. The summed E-state index contributed by atoms with van der Waals surface area (Å²) in [6.07, 6.45) is 4.38. The Balaban J connectivity index is 4.25. The van der Waals surface area contributed by atoms with Gasteiger partial charge < -0.3 is 4.23 Å². The molecule has 0 N–H and O–H groups in total. The fourth-order valence-electron chi connectivity index (χ4n) is 3.90. The molecule has 0 aliphatic rings. The van der Waals surface area contributed by atoms with Gasteiger partial charge in [-0.05, 0) is 13.0 Å². The summed E-state index contributed by atoms with van der Waals surface area (Å²) in [6, 6.07) is 6.07. The fraction of sp³-hybridized carbons (Fsp3) is 1.00. The lowest BCUT2D eigenvalue weighted by Crippen LogP contribution is -2.59. The average Bonchev–Trinajstić information content (AvgIpc) is 2.36. The summed E-state index contributed by atoms with van der Waals surface area (Å²) < 4.78 is 2.95. The van der Waals surface area contributed by atoms with Crippen LogP contribution in [0, 0.1) is 0 Å². The molecule has 1 nitrogen and oxygen atoms in total. The van der Waals surface area contributed by atoms with Crippen molar-refractivity contribution in [1.29, 1.82) is 0 Å². The van der Waals surface area contributed by atoms with E-state index < -0.39 is 24.5 Å². The van der Waals surface area contributed by atoms with Crippen LogP contribution < -0.4 is 0 Å². The smallest absolute Gasteiger partial charge is 0.112 e. The molecular weight excluding hydrogens is 302 g/mol. The van der Waals surface area contributed by atoms with Gasteiger partial charge in [0.15, 0.2) is 0 Å². The largest absolute Gasteiger partial charge is 0.346 e. The van der Waals surface area contributed by atoms with E-state index in [1.54, 1.807) is 6.04 Å². The molecule has 0 aromatic rings. The summed E-state index contributed by atoms with van der Waals surface area (Å²) in [5.41, 5.74) is 0. The van der Waals surface area contributed by atoms with Crippen LogP contribution in [-0.2, 0) is 0 Å². The zero-order valence-electron chi connectivity index (χ0n) is 16.6. The first-order valence-corrected chi connectivity index (χ1v) is 19.0. The van der Waals surface area contributed by atoms with Gasteiger partial charge in [0.25, 0.3) is 0 Å². The second-order valence-corrected chi connectivity index (χ2v) is 24.7. The number of rotatable bonds is 11. The van der Waals surface area contributed by atoms with Gasteiger partial charge in [-0.2, -0.15) is 0 Å². The monoisotopic (exact) mass is 345 g/mol. The molecule has 0 aliphatic carbocycles. The Hall–Kier alpha value is 0.611. The van der Waals surface area contributed by atoms with Crippen LogP contribution in [0.2, 0.25) is 63.5 Å². The molecule has 0 aromatic heterocycles. The molecule has 0 unspecified atom stereocenters. The molecule has 0 fully saturated rings. The van der Waals surface area contributed by atoms with Gasteiger partial charge in [0, 0.05) is 0 Å². The highest BCUT2D eigenvalue weighted by molar-refractivity contribution is 6.89. The predicted molar refractivity (Wildman–Crippen MR) is 109 cm³/mol. The lowest BCUT2D eigenvalue weighted by atomic mass is 10.2. The van der Waals surface area contributed by atoms with Crippen LogP contribution in [0.25, 0.3) is 0 Å². The molecule has 0 radical (unpaired) electrons. The third-order valence-corrected chi connectivity index (χ3v) is 19.1. The van der Waals surface area contributed by atoms with Crippen molar-refractivity contribution in [3.63, 3.8) is 0 Å². The molecule has 0 bridgehead atoms. The van der Waals surface area contributed by atoms with E-state index in [-0.39, 0.29) is 0 Å². The van der Waals surface area contributed by atoms with Gasteiger partial charge in [-0.3, -0.25) is 0 Å². The molecule has 0 saturated carbocycles. The Morgan fingerprint density at radius 1 is 0.619 bits per heavy atom. The first-order chi connectivity index (χ1) is 9.52. The Morgan fingerprint density at radius 2 is 1.05 bits per heavy atom. The van der Waals surface area contributed by atoms with Gasteiger partial charge in [0.1, 0.15) is 16.5 Å². The highest BCUT2D eigenvalue weighted by Crippen LogP contribution is 2.28. The van der Waals surface area contributed by atoms with Gasteiger partial charge in [-0.15, -0.1) is 0 Å². The topological polar surface area (TPSA) is 3.24 Å². The second-order valence-electron chi connectivity index (χ2n) is 8.86. The lowest BCUT2D eigenvalue weighted by molar-refractivity contribution is 0.556. The highest BCUT2D eigenvalue weighted by Gasteiger charge is 2.33. The molecule has 0 aromatic carbocycles. The van der Waals surface area contributed by atoms with E-state index in [2.05, 4.69) is 64.3 Å². The van der Waals surface area contributed by atoms with Gasteiger partial charge in [-0.1, -0.05) is 97.1 Å². The molecule has 0 spiro atoms. The molecule has 128 valence electrons. The first-order valence-electron chi connectivity index (χ1n) is 9.30. The third-order valence-electron chi connectivity index (χ3n) is 5.46. The maximum atomic E-state index is 2.95. The average molecular weight is 346 g/mol. The van der Waals surface area contributed by atoms with Gasteiger partial charge in [-0.25, -0.2) is 0 Å². The number of hydrogen-bond acceptors (Lipinski definition) is 1. The number of hydrogen-bond donors (Lipinski definition) is 0. The SMILES string of the molecule is CC[Si](CC)(CC)CCCCCN([Si](C)(C)C)[Si](C)(C)C. The molecule has 21 heavy (non-hydrogen) atoms. The fourth-order valence-corrected chi connectivity index (χ4v) is 17.2. The van der Waals surface area contributed by atoms with E-state index in [1.165, 1.54) is 43.9 Å². The molecule has 0 saturated heterocycles. The minimum absolute atomic E-state index is 0.864. The van der Waals surface area contributed by atoms with Crippen LogP contribution in [-0.4, -0.2) is 35.3 Å². The quantitative estimate of drug-likeness (QED) is 0.300. The van der Waals surface area contributed by atoms with Crippen LogP contribution in [0.15, 0.2) is 0 Å². The molecule has 0 amide bonds. The number of unbranched alkanes of at least 4 members (excludes halogenated alkanes) is 2. The van der Waals surface area contributed by atoms with Crippen molar-refractivity contribution >= 4 is 24.5 Å². The van der Waals surface area contributed by atoms with Crippen LogP contribution in [0.3, 0.4) is 0 Å². The van der Waals surface area contributed by atoms with Crippen LogP contribution >= 0.6 is 0 Å². The maximum Gasteiger partial charge on any atom is 0.112 e. The minimum atomic E-state index is -1.14. The summed E-state index contributed by atoms with van der Waals surface area (Å²) in [4.78, 5) is 0. The van der Waals surface area contributed by atoms with Crippen molar-refractivity contribution in [2.75, 3.05) is 6.54 Å². The van der Waals surface area contributed by atoms with Crippen LogP contribution in [0.5, 0.6) is 0 Å². The minimum Gasteiger partial charge on any atom is -0.346 e. The standard InChI is InChI=1S/C17H43NSi3/c1-10-21(11-2,12-3)17-15-13-14-16-18(19(4,5)6)20(7,8)9/h10-17H2,1-9H3. The zero-order chi connectivity index (χ0) is 16.7. The van der Waals surface area contributed by atoms with Gasteiger partial charge in [0.2, 0.25) is 0 Å². The van der Waals surface area contributed by atoms with Gasteiger partial charge >= 0.3 is 0 Å². The predicted octanol–water partition coefficient (Wildman–Crippen LogP) is 6.64. The highest BCUT2D eigenvalue weighted by atomic mass is 28.4. The maximum absolute atomic E-state index is 2.95. The first kappa shape index (κ1) is 21.6. The van der Waals surface area contributed by atoms with E-state index in [4.69, 9.17) is 0 Å².